The quantitative estimate of drug-likeness (QED) is 0.705. The Morgan fingerprint density at radius 1 is 1.25 bits per heavy atom. The van der Waals surface area contributed by atoms with E-state index in [1.54, 1.807) is 0 Å². The highest BCUT2D eigenvalue weighted by molar-refractivity contribution is 4.85. The Morgan fingerprint density at radius 3 is 2.38 bits per heavy atom. The number of aliphatic hydroxyl groups is 1. The van der Waals surface area contributed by atoms with Gasteiger partial charge in [0.15, 0.2) is 0 Å². The van der Waals surface area contributed by atoms with Gasteiger partial charge >= 0.3 is 0 Å². The molecule has 0 bridgehead atoms. The van der Waals surface area contributed by atoms with Crippen LogP contribution in [-0.2, 0) is 0 Å². The molecule has 1 aliphatic rings. The first-order valence-electron chi connectivity index (χ1n) is 7.28. The average Bonchev–Trinajstić information content (AvgIpc) is 2.21. The molecule has 1 rings (SSSR count). The fourth-order valence-electron chi connectivity index (χ4n) is 3.00. The van der Waals surface area contributed by atoms with Crippen LogP contribution < -0.4 is 0 Å². The van der Waals surface area contributed by atoms with Gasteiger partial charge in [-0.05, 0) is 43.9 Å². The van der Waals surface area contributed by atoms with E-state index in [1.807, 2.05) is 0 Å². The number of hydrogen-bond donors (Lipinski definition) is 1. The molecule has 1 nitrogen and oxygen atoms in total. The normalized spacial score (nSPS) is 30.9. The summed E-state index contributed by atoms with van der Waals surface area (Å²) < 4.78 is 0. The fraction of sp³-hybridized carbons (Fsp3) is 1.00. The average molecular weight is 226 g/mol. The SMILES string of the molecule is CCCC1CCC(O)(CCCC(C)C)CC1. The van der Waals surface area contributed by atoms with E-state index in [0.717, 1.165) is 31.1 Å². The summed E-state index contributed by atoms with van der Waals surface area (Å²) in [5.74, 6) is 1.68. The van der Waals surface area contributed by atoms with Crippen molar-refractivity contribution in [3.8, 4) is 0 Å². The summed E-state index contributed by atoms with van der Waals surface area (Å²) >= 11 is 0. The lowest BCUT2D eigenvalue weighted by molar-refractivity contribution is -0.0198. The zero-order valence-corrected chi connectivity index (χ0v) is 11.5. The number of hydrogen-bond acceptors (Lipinski definition) is 1. The molecule has 0 saturated heterocycles. The van der Waals surface area contributed by atoms with Crippen LogP contribution in [0.1, 0.15) is 78.6 Å². The predicted molar refractivity (Wildman–Crippen MR) is 70.5 cm³/mol. The van der Waals surface area contributed by atoms with Crippen LogP contribution in [0, 0.1) is 11.8 Å². The monoisotopic (exact) mass is 226 g/mol. The minimum absolute atomic E-state index is 0.306. The van der Waals surface area contributed by atoms with Crippen LogP contribution in [0.3, 0.4) is 0 Å². The summed E-state index contributed by atoms with van der Waals surface area (Å²) in [6.45, 7) is 6.80. The van der Waals surface area contributed by atoms with Gasteiger partial charge in [-0.3, -0.25) is 0 Å². The molecule has 0 aromatic carbocycles. The highest BCUT2D eigenvalue weighted by Gasteiger charge is 2.32. The van der Waals surface area contributed by atoms with Crippen molar-refractivity contribution in [3.05, 3.63) is 0 Å². The van der Waals surface area contributed by atoms with E-state index in [0.29, 0.717) is 0 Å². The zero-order valence-electron chi connectivity index (χ0n) is 11.5. The van der Waals surface area contributed by atoms with Crippen LogP contribution in [-0.4, -0.2) is 10.7 Å². The Labute approximate surface area is 102 Å². The molecule has 0 aliphatic heterocycles. The molecule has 0 aromatic heterocycles. The van der Waals surface area contributed by atoms with Crippen molar-refractivity contribution < 1.29 is 5.11 Å². The summed E-state index contributed by atoms with van der Waals surface area (Å²) in [6.07, 6.45) is 10.8. The zero-order chi connectivity index (χ0) is 12.0. The van der Waals surface area contributed by atoms with E-state index in [1.165, 1.54) is 38.5 Å². The molecule has 0 atom stereocenters. The highest BCUT2D eigenvalue weighted by atomic mass is 16.3. The lowest BCUT2D eigenvalue weighted by atomic mass is 9.75. The van der Waals surface area contributed by atoms with E-state index >= 15 is 0 Å². The first-order chi connectivity index (χ1) is 7.56. The third-order valence-electron chi connectivity index (χ3n) is 4.16. The maximum atomic E-state index is 10.5. The van der Waals surface area contributed by atoms with Gasteiger partial charge < -0.3 is 5.11 Å². The molecular weight excluding hydrogens is 196 g/mol. The minimum Gasteiger partial charge on any atom is -0.390 e. The molecule has 0 unspecified atom stereocenters. The van der Waals surface area contributed by atoms with Gasteiger partial charge in [-0.25, -0.2) is 0 Å². The molecular formula is C15H30O. The van der Waals surface area contributed by atoms with Gasteiger partial charge in [0.2, 0.25) is 0 Å². The molecule has 0 spiro atoms. The molecule has 0 radical (unpaired) electrons. The van der Waals surface area contributed by atoms with Crippen LogP contribution in [0.4, 0.5) is 0 Å². The second kappa shape index (κ2) is 6.64. The summed E-state index contributed by atoms with van der Waals surface area (Å²) in [7, 11) is 0. The van der Waals surface area contributed by atoms with Crippen molar-refractivity contribution in [3.63, 3.8) is 0 Å². The molecule has 0 aromatic rings. The van der Waals surface area contributed by atoms with Crippen LogP contribution in [0.15, 0.2) is 0 Å². The first kappa shape index (κ1) is 14.0. The van der Waals surface area contributed by atoms with Crippen LogP contribution in [0.5, 0.6) is 0 Å². The maximum Gasteiger partial charge on any atom is 0.0648 e. The largest absolute Gasteiger partial charge is 0.390 e. The lowest BCUT2D eigenvalue weighted by Crippen LogP contribution is -2.34. The summed E-state index contributed by atoms with van der Waals surface area (Å²) in [4.78, 5) is 0. The third kappa shape index (κ3) is 4.86. The Balaban J connectivity index is 2.21. The molecule has 0 amide bonds. The van der Waals surface area contributed by atoms with Gasteiger partial charge in [-0.2, -0.15) is 0 Å². The molecule has 1 N–H and O–H groups in total. The maximum absolute atomic E-state index is 10.5. The van der Waals surface area contributed by atoms with Gasteiger partial charge in [0.05, 0.1) is 5.60 Å². The second-order valence-electron chi connectivity index (χ2n) is 6.24. The van der Waals surface area contributed by atoms with Gasteiger partial charge in [0, 0.05) is 0 Å². The van der Waals surface area contributed by atoms with Gasteiger partial charge in [0.25, 0.3) is 0 Å². The van der Waals surface area contributed by atoms with Gasteiger partial charge in [-0.1, -0.05) is 46.5 Å². The van der Waals surface area contributed by atoms with E-state index in [2.05, 4.69) is 20.8 Å². The summed E-state index contributed by atoms with van der Waals surface area (Å²) in [6, 6.07) is 0. The minimum atomic E-state index is -0.306. The van der Waals surface area contributed by atoms with E-state index in [9.17, 15) is 5.11 Å². The first-order valence-corrected chi connectivity index (χ1v) is 7.28. The van der Waals surface area contributed by atoms with E-state index in [4.69, 9.17) is 0 Å². The van der Waals surface area contributed by atoms with Gasteiger partial charge in [-0.15, -0.1) is 0 Å². The van der Waals surface area contributed by atoms with Crippen molar-refractivity contribution in [2.24, 2.45) is 11.8 Å². The van der Waals surface area contributed by atoms with E-state index < -0.39 is 0 Å². The summed E-state index contributed by atoms with van der Waals surface area (Å²) in [5.41, 5.74) is -0.306. The Bertz CT molecular complexity index is 178. The van der Waals surface area contributed by atoms with E-state index in [-0.39, 0.29) is 5.60 Å². The molecule has 1 fully saturated rings. The van der Waals surface area contributed by atoms with Crippen molar-refractivity contribution >= 4 is 0 Å². The Kier molecular flexibility index (Phi) is 5.82. The highest BCUT2D eigenvalue weighted by Crippen LogP contribution is 2.37. The second-order valence-corrected chi connectivity index (χ2v) is 6.24. The molecule has 96 valence electrons. The standard InChI is InChI=1S/C15H30O/c1-4-6-14-8-11-15(16,12-9-14)10-5-7-13(2)3/h13-14,16H,4-12H2,1-3H3. The molecule has 1 aliphatic carbocycles. The molecule has 0 heterocycles. The molecule has 1 saturated carbocycles. The smallest absolute Gasteiger partial charge is 0.0648 e. The van der Waals surface area contributed by atoms with Crippen LogP contribution in [0.2, 0.25) is 0 Å². The molecule has 1 heteroatoms. The third-order valence-corrected chi connectivity index (χ3v) is 4.16. The Hall–Kier alpha value is -0.0400. The molecule has 16 heavy (non-hydrogen) atoms. The van der Waals surface area contributed by atoms with Crippen LogP contribution >= 0.6 is 0 Å². The van der Waals surface area contributed by atoms with Crippen molar-refractivity contribution in [2.45, 2.75) is 84.2 Å². The van der Waals surface area contributed by atoms with Crippen molar-refractivity contribution in [2.75, 3.05) is 0 Å². The van der Waals surface area contributed by atoms with Gasteiger partial charge in [0.1, 0.15) is 0 Å². The summed E-state index contributed by atoms with van der Waals surface area (Å²) in [5, 5.41) is 10.5. The van der Waals surface area contributed by atoms with Crippen molar-refractivity contribution in [1.29, 1.82) is 0 Å². The number of rotatable bonds is 6. The predicted octanol–water partition coefficient (Wildman–Crippen LogP) is 4.53. The fourth-order valence-corrected chi connectivity index (χ4v) is 3.00. The van der Waals surface area contributed by atoms with Crippen LogP contribution in [0.25, 0.3) is 0 Å². The Morgan fingerprint density at radius 2 is 1.88 bits per heavy atom. The van der Waals surface area contributed by atoms with Crippen molar-refractivity contribution in [1.82, 2.24) is 0 Å². The topological polar surface area (TPSA) is 20.2 Å². The lowest BCUT2D eigenvalue weighted by Gasteiger charge is -2.36.